The fraction of sp³-hybridized carbons (Fsp3) is 0.250. The van der Waals surface area contributed by atoms with Gasteiger partial charge in [0, 0.05) is 5.69 Å². The monoisotopic (exact) mass is 309 g/mol. The van der Waals surface area contributed by atoms with Gasteiger partial charge in [-0.2, -0.15) is 5.10 Å². The standard InChI is InChI=1S/C12H12BrN3O2/c1-6-4-9(12(17)18)5-10(14-6)16-8(3)11(13)7(2)15-16/h4-5H,1-3H3,(H,17,18). The number of carboxylic acid groups (broad SMARTS) is 1. The largest absolute Gasteiger partial charge is 0.478 e. The molecule has 2 aromatic heterocycles. The molecule has 5 nitrogen and oxygen atoms in total. The third-order valence-corrected chi connectivity index (χ3v) is 3.75. The van der Waals surface area contributed by atoms with Crippen LogP contribution in [0.5, 0.6) is 0 Å². The summed E-state index contributed by atoms with van der Waals surface area (Å²) in [5, 5.41) is 13.4. The van der Waals surface area contributed by atoms with Crippen LogP contribution in [0.15, 0.2) is 16.6 Å². The first kappa shape index (κ1) is 12.8. The Bertz CT molecular complexity index is 634. The molecule has 2 rings (SSSR count). The van der Waals surface area contributed by atoms with E-state index in [0.29, 0.717) is 11.5 Å². The molecule has 0 bridgehead atoms. The maximum atomic E-state index is 11.0. The predicted molar refractivity (Wildman–Crippen MR) is 70.2 cm³/mol. The van der Waals surface area contributed by atoms with Crippen molar-refractivity contribution in [2.75, 3.05) is 0 Å². The predicted octanol–water partition coefficient (Wildman–Crippen LogP) is 2.65. The summed E-state index contributed by atoms with van der Waals surface area (Å²) in [4.78, 5) is 15.3. The van der Waals surface area contributed by atoms with Crippen molar-refractivity contribution in [3.63, 3.8) is 0 Å². The number of aryl methyl sites for hydroxylation is 2. The van der Waals surface area contributed by atoms with Crippen LogP contribution in [0, 0.1) is 20.8 Å². The van der Waals surface area contributed by atoms with Gasteiger partial charge < -0.3 is 5.11 Å². The SMILES string of the molecule is Cc1cc(C(=O)O)cc(-n2nc(C)c(Br)c2C)n1. The second-order valence-corrected chi connectivity index (χ2v) is 4.85. The van der Waals surface area contributed by atoms with E-state index in [4.69, 9.17) is 5.11 Å². The zero-order valence-corrected chi connectivity index (χ0v) is 11.8. The first-order chi connectivity index (χ1) is 8.40. The number of halogens is 1. The van der Waals surface area contributed by atoms with E-state index in [2.05, 4.69) is 26.0 Å². The number of hydrogen-bond acceptors (Lipinski definition) is 3. The molecule has 0 aliphatic rings. The van der Waals surface area contributed by atoms with E-state index in [1.807, 2.05) is 13.8 Å². The van der Waals surface area contributed by atoms with Gasteiger partial charge >= 0.3 is 5.97 Å². The van der Waals surface area contributed by atoms with E-state index in [1.54, 1.807) is 11.6 Å². The van der Waals surface area contributed by atoms with Crippen LogP contribution in [0.4, 0.5) is 0 Å². The molecular weight excluding hydrogens is 298 g/mol. The fourth-order valence-corrected chi connectivity index (χ4v) is 1.98. The number of hydrogen-bond donors (Lipinski definition) is 1. The van der Waals surface area contributed by atoms with Crippen LogP contribution in [0.1, 0.15) is 27.4 Å². The van der Waals surface area contributed by atoms with E-state index < -0.39 is 5.97 Å². The van der Waals surface area contributed by atoms with Crippen LogP contribution < -0.4 is 0 Å². The summed E-state index contributed by atoms with van der Waals surface area (Å²) in [5.74, 6) is -0.457. The average Bonchev–Trinajstić information content (AvgIpc) is 2.56. The van der Waals surface area contributed by atoms with Gasteiger partial charge in [0.05, 0.1) is 21.4 Å². The van der Waals surface area contributed by atoms with Crippen LogP contribution in [0.2, 0.25) is 0 Å². The number of pyridine rings is 1. The van der Waals surface area contributed by atoms with E-state index in [1.165, 1.54) is 12.1 Å². The smallest absolute Gasteiger partial charge is 0.335 e. The topological polar surface area (TPSA) is 68.0 Å². The lowest BCUT2D eigenvalue weighted by atomic mass is 10.2. The minimum Gasteiger partial charge on any atom is -0.478 e. The highest BCUT2D eigenvalue weighted by molar-refractivity contribution is 9.10. The zero-order valence-electron chi connectivity index (χ0n) is 10.2. The second kappa shape index (κ2) is 4.53. The highest BCUT2D eigenvalue weighted by Crippen LogP contribution is 2.22. The molecule has 0 aromatic carbocycles. The van der Waals surface area contributed by atoms with Crippen molar-refractivity contribution in [1.29, 1.82) is 0 Å². The molecule has 18 heavy (non-hydrogen) atoms. The Balaban J connectivity index is 2.63. The molecule has 0 spiro atoms. The summed E-state index contributed by atoms with van der Waals surface area (Å²) >= 11 is 3.44. The molecule has 0 aliphatic carbocycles. The first-order valence-electron chi connectivity index (χ1n) is 5.34. The fourth-order valence-electron chi connectivity index (χ4n) is 1.73. The van der Waals surface area contributed by atoms with Gasteiger partial charge in [-0.05, 0) is 48.8 Å². The number of carboxylic acids is 1. The Kier molecular flexibility index (Phi) is 3.21. The maximum absolute atomic E-state index is 11.0. The zero-order chi connectivity index (χ0) is 13.4. The van der Waals surface area contributed by atoms with Crippen molar-refractivity contribution in [3.8, 4) is 5.82 Å². The number of aromatic nitrogens is 3. The highest BCUT2D eigenvalue weighted by atomic mass is 79.9. The molecule has 94 valence electrons. The number of nitrogens with zero attached hydrogens (tertiary/aromatic N) is 3. The van der Waals surface area contributed by atoms with Crippen molar-refractivity contribution in [2.45, 2.75) is 20.8 Å². The highest BCUT2D eigenvalue weighted by Gasteiger charge is 2.13. The quantitative estimate of drug-likeness (QED) is 0.926. The molecule has 0 amide bonds. The lowest BCUT2D eigenvalue weighted by Crippen LogP contribution is -2.06. The third-order valence-electron chi connectivity index (χ3n) is 2.61. The molecule has 0 saturated heterocycles. The van der Waals surface area contributed by atoms with Crippen molar-refractivity contribution in [2.24, 2.45) is 0 Å². The molecule has 0 fully saturated rings. The van der Waals surface area contributed by atoms with Crippen LogP contribution in [-0.2, 0) is 0 Å². The first-order valence-corrected chi connectivity index (χ1v) is 6.13. The number of aromatic carboxylic acids is 1. The van der Waals surface area contributed by atoms with Gasteiger partial charge in [-0.1, -0.05) is 0 Å². The normalized spacial score (nSPS) is 10.7. The Morgan fingerprint density at radius 2 is 2.00 bits per heavy atom. The Morgan fingerprint density at radius 3 is 2.50 bits per heavy atom. The Hall–Kier alpha value is -1.69. The summed E-state index contributed by atoms with van der Waals surface area (Å²) in [6, 6.07) is 3.05. The molecule has 2 aromatic rings. The molecule has 0 saturated carbocycles. The molecular formula is C12H12BrN3O2. The molecule has 0 atom stereocenters. The summed E-state index contributed by atoms with van der Waals surface area (Å²) in [7, 11) is 0. The van der Waals surface area contributed by atoms with Gasteiger partial charge in [0.2, 0.25) is 0 Å². The average molecular weight is 310 g/mol. The van der Waals surface area contributed by atoms with E-state index in [-0.39, 0.29) is 5.56 Å². The van der Waals surface area contributed by atoms with E-state index in [9.17, 15) is 4.79 Å². The van der Waals surface area contributed by atoms with Crippen LogP contribution >= 0.6 is 15.9 Å². The lowest BCUT2D eigenvalue weighted by molar-refractivity contribution is 0.0696. The Labute approximate surface area is 113 Å². The number of carbonyl (C=O) groups is 1. The van der Waals surface area contributed by atoms with Crippen LogP contribution in [0.25, 0.3) is 5.82 Å². The summed E-state index contributed by atoms with van der Waals surface area (Å²) < 4.78 is 2.54. The lowest BCUT2D eigenvalue weighted by Gasteiger charge is -2.06. The van der Waals surface area contributed by atoms with Crippen molar-refractivity contribution >= 4 is 21.9 Å². The molecule has 0 radical (unpaired) electrons. The van der Waals surface area contributed by atoms with Gasteiger partial charge in [0.15, 0.2) is 5.82 Å². The summed E-state index contributed by atoms with van der Waals surface area (Å²) in [5.41, 5.74) is 2.59. The molecule has 0 unspecified atom stereocenters. The van der Waals surface area contributed by atoms with Crippen molar-refractivity contribution in [1.82, 2.24) is 14.8 Å². The minimum atomic E-state index is -0.970. The second-order valence-electron chi connectivity index (χ2n) is 4.06. The van der Waals surface area contributed by atoms with Crippen LogP contribution in [-0.4, -0.2) is 25.8 Å². The van der Waals surface area contributed by atoms with Gasteiger partial charge in [0.1, 0.15) is 0 Å². The molecule has 2 heterocycles. The number of rotatable bonds is 2. The van der Waals surface area contributed by atoms with Gasteiger partial charge in [-0.15, -0.1) is 0 Å². The van der Waals surface area contributed by atoms with Gasteiger partial charge in [0.25, 0.3) is 0 Å². The van der Waals surface area contributed by atoms with Crippen LogP contribution in [0.3, 0.4) is 0 Å². The van der Waals surface area contributed by atoms with E-state index >= 15 is 0 Å². The molecule has 0 aliphatic heterocycles. The van der Waals surface area contributed by atoms with Gasteiger partial charge in [-0.3, -0.25) is 0 Å². The minimum absolute atomic E-state index is 0.209. The molecule has 6 heteroatoms. The van der Waals surface area contributed by atoms with Crippen molar-refractivity contribution < 1.29 is 9.90 Å². The maximum Gasteiger partial charge on any atom is 0.335 e. The summed E-state index contributed by atoms with van der Waals surface area (Å²) in [6.07, 6.45) is 0. The molecule has 1 N–H and O–H groups in total. The Morgan fingerprint density at radius 1 is 1.33 bits per heavy atom. The van der Waals surface area contributed by atoms with Gasteiger partial charge in [-0.25, -0.2) is 14.5 Å². The van der Waals surface area contributed by atoms with E-state index in [0.717, 1.165) is 15.9 Å². The third kappa shape index (κ3) is 2.15. The summed E-state index contributed by atoms with van der Waals surface area (Å²) in [6.45, 7) is 5.53. The van der Waals surface area contributed by atoms with Crippen molar-refractivity contribution in [3.05, 3.63) is 39.3 Å².